The van der Waals surface area contributed by atoms with Crippen molar-refractivity contribution >= 4 is 11.6 Å². The zero-order valence-electron chi connectivity index (χ0n) is 17.4. The Kier molecular flexibility index (Phi) is 6.54. The Balaban J connectivity index is 1.69. The maximum atomic E-state index is 12.4. The van der Waals surface area contributed by atoms with E-state index in [4.69, 9.17) is 9.47 Å². The smallest absolute Gasteiger partial charge is 0.224 e. The van der Waals surface area contributed by atoms with Crippen molar-refractivity contribution in [3.63, 3.8) is 0 Å². The number of anilines is 1. The summed E-state index contributed by atoms with van der Waals surface area (Å²) in [5, 5.41) is 7.63. The van der Waals surface area contributed by atoms with E-state index in [1.807, 2.05) is 67.1 Å². The van der Waals surface area contributed by atoms with Gasteiger partial charge in [-0.2, -0.15) is 5.10 Å². The predicted molar refractivity (Wildman–Crippen MR) is 114 cm³/mol. The van der Waals surface area contributed by atoms with Crippen LogP contribution >= 0.6 is 0 Å². The van der Waals surface area contributed by atoms with E-state index in [0.717, 1.165) is 28.2 Å². The van der Waals surface area contributed by atoms with E-state index in [0.29, 0.717) is 30.9 Å². The number of hydrogen-bond acceptors (Lipinski definition) is 4. The Morgan fingerprint density at radius 3 is 2.41 bits per heavy atom. The summed E-state index contributed by atoms with van der Waals surface area (Å²) >= 11 is 0. The number of methoxy groups -OCH3 is 2. The number of aromatic nitrogens is 2. The summed E-state index contributed by atoms with van der Waals surface area (Å²) in [6.07, 6.45) is 1.15. The summed E-state index contributed by atoms with van der Waals surface area (Å²) in [6, 6.07) is 15.8. The molecule has 0 bridgehead atoms. The first-order valence-electron chi connectivity index (χ1n) is 9.60. The van der Waals surface area contributed by atoms with Gasteiger partial charge in [-0.1, -0.05) is 36.4 Å². The Morgan fingerprint density at radius 1 is 1.00 bits per heavy atom. The number of hydrogen-bond donors (Lipinski definition) is 1. The molecule has 0 aliphatic heterocycles. The van der Waals surface area contributed by atoms with Crippen LogP contribution in [0.25, 0.3) is 0 Å². The van der Waals surface area contributed by atoms with Gasteiger partial charge in [0.2, 0.25) is 5.91 Å². The monoisotopic (exact) mass is 393 g/mol. The van der Waals surface area contributed by atoms with Crippen LogP contribution in [0.2, 0.25) is 0 Å². The van der Waals surface area contributed by atoms with Gasteiger partial charge in [-0.05, 0) is 43.5 Å². The molecule has 6 nitrogen and oxygen atoms in total. The molecule has 6 heteroatoms. The SMILES string of the molecule is COc1ccc(Cn2nc(C)c(NC(=O)CCc3ccccc3)c2C)cc1OC. The van der Waals surface area contributed by atoms with Gasteiger partial charge >= 0.3 is 0 Å². The molecule has 0 atom stereocenters. The quantitative estimate of drug-likeness (QED) is 0.625. The number of benzene rings is 2. The molecule has 0 radical (unpaired) electrons. The van der Waals surface area contributed by atoms with Gasteiger partial charge < -0.3 is 14.8 Å². The number of nitrogens with zero attached hydrogens (tertiary/aromatic N) is 2. The molecule has 1 amide bonds. The van der Waals surface area contributed by atoms with Crippen molar-refractivity contribution in [2.24, 2.45) is 0 Å². The van der Waals surface area contributed by atoms with Crippen LogP contribution in [-0.4, -0.2) is 29.9 Å². The van der Waals surface area contributed by atoms with Gasteiger partial charge in [-0.25, -0.2) is 0 Å². The summed E-state index contributed by atoms with van der Waals surface area (Å²) in [7, 11) is 3.24. The molecule has 0 aliphatic rings. The lowest BCUT2D eigenvalue weighted by molar-refractivity contribution is -0.116. The molecule has 0 unspecified atom stereocenters. The number of nitrogens with one attached hydrogen (secondary N) is 1. The molecule has 1 heterocycles. The fourth-order valence-electron chi connectivity index (χ4n) is 3.29. The van der Waals surface area contributed by atoms with Crippen LogP contribution in [0, 0.1) is 13.8 Å². The second-order valence-corrected chi connectivity index (χ2v) is 6.93. The highest BCUT2D eigenvalue weighted by molar-refractivity contribution is 5.92. The molecule has 152 valence electrons. The molecule has 3 aromatic rings. The van der Waals surface area contributed by atoms with E-state index in [-0.39, 0.29) is 5.91 Å². The Hall–Kier alpha value is -3.28. The standard InChI is InChI=1S/C23H27N3O3/c1-16-23(24-22(27)13-11-18-8-6-5-7-9-18)17(2)26(25-16)15-19-10-12-20(28-3)21(14-19)29-4/h5-10,12,14H,11,13,15H2,1-4H3,(H,24,27). The number of amides is 1. The van der Waals surface area contributed by atoms with Crippen LogP contribution in [0.1, 0.15) is 28.9 Å². The van der Waals surface area contributed by atoms with Crippen LogP contribution in [0.15, 0.2) is 48.5 Å². The van der Waals surface area contributed by atoms with Gasteiger partial charge in [0, 0.05) is 6.42 Å². The van der Waals surface area contributed by atoms with Crippen LogP contribution < -0.4 is 14.8 Å². The normalized spacial score (nSPS) is 10.6. The Bertz CT molecular complexity index is 981. The molecular weight excluding hydrogens is 366 g/mol. The molecule has 0 aliphatic carbocycles. The lowest BCUT2D eigenvalue weighted by Crippen LogP contribution is -2.14. The molecule has 3 rings (SSSR count). The Morgan fingerprint density at radius 2 is 1.72 bits per heavy atom. The first-order valence-corrected chi connectivity index (χ1v) is 9.60. The summed E-state index contributed by atoms with van der Waals surface area (Å²) in [5.41, 5.74) is 4.69. The number of rotatable bonds is 8. The first-order chi connectivity index (χ1) is 14.0. The highest BCUT2D eigenvalue weighted by atomic mass is 16.5. The number of carbonyl (C=O) groups is 1. The Labute approximate surface area is 171 Å². The van der Waals surface area contributed by atoms with Gasteiger partial charge in [0.25, 0.3) is 0 Å². The van der Waals surface area contributed by atoms with Crippen LogP contribution in [0.3, 0.4) is 0 Å². The van der Waals surface area contributed by atoms with Gasteiger partial charge in [0.1, 0.15) is 0 Å². The van der Waals surface area contributed by atoms with Crippen molar-refractivity contribution in [1.82, 2.24) is 9.78 Å². The van der Waals surface area contributed by atoms with Crippen LogP contribution in [0.4, 0.5) is 5.69 Å². The third kappa shape index (κ3) is 4.96. The van der Waals surface area contributed by atoms with Crippen molar-refractivity contribution in [3.05, 3.63) is 71.0 Å². The first kappa shape index (κ1) is 20.5. The third-order valence-corrected chi connectivity index (χ3v) is 4.91. The molecule has 0 fully saturated rings. The lowest BCUT2D eigenvalue weighted by Gasteiger charge is -2.11. The predicted octanol–water partition coefficient (Wildman–Crippen LogP) is 4.14. The van der Waals surface area contributed by atoms with E-state index in [9.17, 15) is 4.79 Å². The molecule has 0 saturated heterocycles. The highest BCUT2D eigenvalue weighted by Gasteiger charge is 2.15. The van der Waals surface area contributed by atoms with Crippen LogP contribution in [-0.2, 0) is 17.8 Å². The van der Waals surface area contributed by atoms with Crippen molar-refractivity contribution < 1.29 is 14.3 Å². The molecule has 0 spiro atoms. The summed E-state index contributed by atoms with van der Waals surface area (Å²) in [6.45, 7) is 4.45. The minimum absolute atomic E-state index is 0.00859. The molecule has 1 N–H and O–H groups in total. The maximum absolute atomic E-state index is 12.4. The van der Waals surface area contributed by atoms with Gasteiger partial charge in [-0.15, -0.1) is 0 Å². The summed E-state index contributed by atoms with van der Waals surface area (Å²) < 4.78 is 12.6. The van der Waals surface area contributed by atoms with Crippen LogP contribution in [0.5, 0.6) is 11.5 Å². The largest absolute Gasteiger partial charge is 0.493 e. The van der Waals surface area contributed by atoms with Gasteiger partial charge in [0.05, 0.1) is 37.8 Å². The van der Waals surface area contributed by atoms with E-state index in [2.05, 4.69) is 10.4 Å². The van der Waals surface area contributed by atoms with Crippen molar-refractivity contribution in [2.75, 3.05) is 19.5 Å². The minimum atomic E-state index is -0.00859. The van der Waals surface area contributed by atoms with Crippen molar-refractivity contribution in [2.45, 2.75) is 33.2 Å². The zero-order valence-corrected chi connectivity index (χ0v) is 17.4. The van der Waals surface area contributed by atoms with E-state index >= 15 is 0 Å². The van der Waals surface area contributed by atoms with Gasteiger partial charge in [-0.3, -0.25) is 9.48 Å². The molecular formula is C23H27N3O3. The number of carbonyl (C=O) groups excluding carboxylic acids is 1. The number of ether oxygens (including phenoxy) is 2. The van der Waals surface area contributed by atoms with E-state index < -0.39 is 0 Å². The summed E-state index contributed by atoms with van der Waals surface area (Å²) in [4.78, 5) is 12.4. The molecule has 0 saturated carbocycles. The van der Waals surface area contributed by atoms with Gasteiger partial charge in [0.15, 0.2) is 11.5 Å². The average Bonchev–Trinajstić information content (AvgIpc) is 3.00. The second kappa shape index (κ2) is 9.28. The minimum Gasteiger partial charge on any atom is -0.493 e. The third-order valence-electron chi connectivity index (χ3n) is 4.91. The average molecular weight is 393 g/mol. The molecule has 1 aromatic heterocycles. The molecule has 29 heavy (non-hydrogen) atoms. The fourth-order valence-corrected chi connectivity index (χ4v) is 3.29. The fraction of sp³-hybridized carbons (Fsp3) is 0.304. The van der Waals surface area contributed by atoms with E-state index in [1.165, 1.54) is 0 Å². The lowest BCUT2D eigenvalue weighted by atomic mass is 10.1. The van der Waals surface area contributed by atoms with Crippen molar-refractivity contribution in [1.29, 1.82) is 0 Å². The maximum Gasteiger partial charge on any atom is 0.224 e. The second-order valence-electron chi connectivity index (χ2n) is 6.93. The molecule has 2 aromatic carbocycles. The van der Waals surface area contributed by atoms with Crippen molar-refractivity contribution in [3.8, 4) is 11.5 Å². The number of aryl methyl sites for hydroxylation is 2. The highest BCUT2D eigenvalue weighted by Crippen LogP contribution is 2.28. The zero-order chi connectivity index (χ0) is 20.8. The topological polar surface area (TPSA) is 65.4 Å². The summed E-state index contributed by atoms with van der Waals surface area (Å²) in [5.74, 6) is 1.36. The van der Waals surface area contributed by atoms with E-state index in [1.54, 1.807) is 14.2 Å².